The van der Waals surface area contributed by atoms with Crippen LogP contribution in [-0.4, -0.2) is 63.4 Å². The molecule has 0 spiro atoms. The highest BCUT2D eigenvalue weighted by Crippen LogP contribution is 2.35. The molecule has 0 fully saturated rings. The van der Waals surface area contributed by atoms with Crippen LogP contribution in [0.25, 0.3) is 11.0 Å². The van der Waals surface area contributed by atoms with Gasteiger partial charge in [0.05, 0.1) is 23.8 Å². The number of carbonyl (C=O) groups is 2. The summed E-state index contributed by atoms with van der Waals surface area (Å²) in [6.07, 6.45) is 3.74. The van der Waals surface area contributed by atoms with E-state index in [2.05, 4.69) is 31.5 Å². The number of amides is 1. The molecule has 0 saturated heterocycles. The Balaban J connectivity index is 1.60. The van der Waals surface area contributed by atoms with E-state index >= 15 is 0 Å². The fourth-order valence-corrected chi connectivity index (χ4v) is 5.40. The Morgan fingerprint density at radius 1 is 1.18 bits per heavy atom. The van der Waals surface area contributed by atoms with Gasteiger partial charge in [0.25, 0.3) is 0 Å². The van der Waals surface area contributed by atoms with Crippen LogP contribution in [-0.2, 0) is 22.7 Å². The van der Waals surface area contributed by atoms with Crippen LogP contribution >= 0.6 is 0 Å². The van der Waals surface area contributed by atoms with Crippen LogP contribution in [0.2, 0.25) is 25.7 Å². The Bertz CT molecular complexity index is 1390. The molecule has 1 aliphatic rings. The molecule has 0 aliphatic carbocycles. The summed E-state index contributed by atoms with van der Waals surface area (Å²) in [6.45, 7) is 16.0. The van der Waals surface area contributed by atoms with E-state index in [1.165, 1.54) is 0 Å². The lowest BCUT2D eigenvalue weighted by Gasteiger charge is -2.34. The van der Waals surface area contributed by atoms with Gasteiger partial charge in [0.1, 0.15) is 35.2 Å². The lowest BCUT2D eigenvalue weighted by Crippen LogP contribution is -2.41. The summed E-state index contributed by atoms with van der Waals surface area (Å²) in [5.41, 5.74) is 1.81. The van der Waals surface area contributed by atoms with Crippen molar-refractivity contribution in [3.63, 3.8) is 0 Å². The predicted molar refractivity (Wildman–Crippen MR) is 155 cm³/mol. The third-order valence-electron chi connectivity index (χ3n) is 6.73. The summed E-state index contributed by atoms with van der Waals surface area (Å²) in [5, 5.41) is 10.4. The second kappa shape index (κ2) is 11.6. The molecule has 40 heavy (non-hydrogen) atoms. The van der Waals surface area contributed by atoms with E-state index in [4.69, 9.17) is 19.2 Å². The Morgan fingerprint density at radius 3 is 2.58 bits per heavy atom. The third kappa shape index (κ3) is 7.00. The summed E-state index contributed by atoms with van der Waals surface area (Å²) < 4.78 is 19.3. The quantitative estimate of drug-likeness (QED) is 0.230. The summed E-state index contributed by atoms with van der Waals surface area (Å²) in [7, 11) is -1.28. The number of carboxylic acid groups (broad SMARTS) is 1. The molecule has 10 nitrogen and oxygen atoms in total. The first-order valence-corrected chi connectivity index (χ1v) is 17.4. The third-order valence-corrected chi connectivity index (χ3v) is 8.43. The molecule has 0 aromatic carbocycles. The molecular weight excluding hydrogens is 528 g/mol. The SMILES string of the molecule is CC[C@H]1CN(C(=O)OC(C)(C)C)Cc2cc(Oc3ccnc4c3cc(C(=O)O)n4COCC[Si](C)(C)C)cnc21. The Kier molecular flexibility index (Phi) is 8.55. The van der Waals surface area contributed by atoms with Crippen molar-refractivity contribution in [3.05, 3.63) is 47.5 Å². The van der Waals surface area contributed by atoms with E-state index in [1.807, 2.05) is 26.8 Å². The maximum absolute atomic E-state index is 12.8. The lowest BCUT2D eigenvalue weighted by molar-refractivity contribution is 0.0202. The van der Waals surface area contributed by atoms with Crippen LogP contribution in [0.1, 0.15) is 61.8 Å². The van der Waals surface area contributed by atoms with E-state index in [0.29, 0.717) is 42.2 Å². The van der Waals surface area contributed by atoms with Crippen LogP contribution in [0.5, 0.6) is 11.5 Å². The molecule has 4 heterocycles. The highest BCUT2D eigenvalue weighted by molar-refractivity contribution is 6.76. The second-order valence-corrected chi connectivity index (χ2v) is 18.1. The van der Waals surface area contributed by atoms with Gasteiger partial charge in [0.2, 0.25) is 0 Å². The maximum Gasteiger partial charge on any atom is 0.410 e. The second-order valence-electron chi connectivity index (χ2n) is 12.4. The van der Waals surface area contributed by atoms with Gasteiger partial charge < -0.3 is 24.2 Å². The first kappa shape index (κ1) is 29.5. The zero-order valence-electron chi connectivity index (χ0n) is 24.5. The summed E-state index contributed by atoms with van der Waals surface area (Å²) >= 11 is 0. The average molecular weight is 569 g/mol. The number of pyridine rings is 2. The smallest absolute Gasteiger partial charge is 0.410 e. The van der Waals surface area contributed by atoms with Crippen molar-refractivity contribution < 1.29 is 28.9 Å². The molecule has 1 aliphatic heterocycles. The molecule has 0 radical (unpaired) electrons. The number of rotatable bonds is 9. The fraction of sp³-hybridized carbons (Fsp3) is 0.517. The number of carboxylic acids is 1. The Morgan fingerprint density at radius 2 is 1.93 bits per heavy atom. The molecule has 1 atom stereocenters. The number of nitrogens with zero attached hydrogens (tertiary/aromatic N) is 4. The van der Waals surface area contributed by atoms with Gasteiger partial charge in [0.15, 0.2) is 0 Å². The first-order valence-electron chi connectivity index (χ1n) is 13.7. The highest BCUT2D eigenvalue weighted by Gasteiger charge is 2.31. The lowest BCUT2D eigenvalue weighted by atomic mass is 9.93. The largest absolute Gasteiger partial charge is 0.477 e. The van der Waals surface area contributed by atoms with Gasteiger partial charge in [-0.1, -0.05) is 26.6 Å². The number of hydrogen-bond acceptors (Lipinski definition) is 7. The van der Waals surface area contributed by atoms with Crippen molar-refractivity contribution >= 4 is 31.2 Å². The minimum atomic E-state index is -1.28. The Hall–Kier alpha value is -3.44. The molecular formula is C29H40N4O6Si. The van der Waals surface area contributed by atoms with E-state index in [1.54, 1.807) is 34.0 Å². The van der Waals surface area contributed by atoms with Gasteiger partial charge in [-0.25, -0.2) is 14.6 Å². The number of hydrogen-bond donors (Lipinski definition) is 1. The van der Waals surface area contributed by atoms with Crippen molar-refractivity contribution in [2.24, 2.45) is 0 Å². The highest BCUT2D eigenvalue weighted by atomic mass is 28.3. The molecule has 3 aromatic heterocycles. The van der Waals surface area contributed by atoms with Crippen LogP contribution in [0.15, 0.2) is 30.6 Å². The van der Waals surface area contributed by atoms with E-state index in [0.717, 1.165) is 23.7 Å². The summed E-state index contributed by atoms with van der Waals surface area (Å²) in [5.74, 6) is -0.0304. The molecule has 4 rings (SSSR count). The van der Waals surface area contributed by atoms with Gasteiger partial charge >= 0.3 is 12.1 Å². The van der Waals surface area contributed by atoms with Gasteiger partial charge in [-0.05, 0) is 57.0 Å². The molecule has 0 unspecified atom stereocenters. The van der Waals surface area contributed by atoms with Gasteiger partial charge in [-0.15, -0.1) is 0 Å². The molecule has 0 bridgehead atoms. The molecule has 3 aromatic rings. The monoisotopic (exact) mass is 568 g/mol. The number of carbonyl (C=O) groups excluding carboxylic acids is 1. The molecule has 0 saturated carbocycles. The number of fused-ring (bicyclic) bond motifs is 2. The number of aromatic nitrogens is 3. The number of aromatic carboxylic acids is 1. The van der Waals surface area contributed by atoms with E-state index in [-0.39, 0.29) is 24.4 Å². The van der Waals surface area contributed by atoms with E-state index < -0.39 is 19.6 Å². The zero-order valence-corrected chi connectivity index (χ0v) is 25.5. The van der Waals surface area contributed by atoms with Crippen molar-refractivity contribution in [2.45, 2.75) is 84.6 Å². The van der Waals surface area contributed by atoms with Gasteiger partial charge in [-0.2, -0.15) is 0 Å². The molecule has 1 amide bonds. The van der Waals surface area contributed by atoms with Crippen molar-refractivity contribution in [1.82, 2.24) is 19.4 Å². The maximum atomic E-state index is 12.8. The molecule has 11 heteroatoms. The molecule has 216 valence electrons. The predicted octanol–water partition coefficient (Wildman–Crippen LogP) is 6.48. The minimum absolute atomic E-state index is 0.0777. The van der Waals surface area contributed by atoms with Crippen LogP contribution in [0.3, 0.4) is 0 Å². The molecule has 1 N–H and O–H groups in total. The zero-order chi connectivity index (χ0) is 29.2. The van der Waals surface area contributed by atoms with Crippen molar-refractivity contribution in [2.75, 3.05) is 13.2 Å². The van der Waals surface area contributed by atoms with Crippen LogP contribution in [0, 0.1) is 0 Å². The Labute approximate surface area is 236 Å². The minimum Gasteiger partial charge on any atom is -0.477 e. The number of ether oxygens (including phenoxy) is 3. The fourth-order valence-electron chi connectivity index (χ4n) is 4.64. The van der Waals surface area contributed by atoms with E-state index in [9.17, 15) is 14.7 Å². The van der Waals surface area contributed by atoms with Crippen LogP contribution in [0.4, 0.5) is 4.79 Å². The van der Waals surface area contributed by atoms with Gasteiger partial charge in [-0.3, -0.25) is 9.55 Å². The van der Waals surface area contributed by atoms with Crippen molar-refractivity contribution in [1.29, 1.82) is 0 Å². The van der Waals surface area contributed by atoms with Crippen LogP contribution < -0.4 is 4.74 Å². The van der Waals surface area contributed by atoms with Gasteiger partial charge in [0, 0.05) is 33.3 Å². The summed E-state index contributed by atoms with van der Waals surface area (Å²) in [4.78, 5) is 35.7. The first-order chi connectivity index (χ1) is 18.8. The standard InChI is InChI=1S/C29H40N4O6Si/c1-8-19-16-32(28(36)39-29(2,3)4)17-20-13-21(15-31-25(19)20)38-24-9-10-30-26-22(24)14-23(27(34)35)33(26)18-37-11-12-40(5,6)7/h9-10,13-15,19H,8,11-12,16-18H2,1-7H3,(H,34,35)/t19-/m0/s1. The topological polar surface area (TPSA) is 116 Å². The normalized spacial score (nSPS) is 15.7. The summed E-state index contributed by atoms with van der Waals surface area (Å²) in [6, 6.07) is 6.13. The van der Waals surface area contributed by atoms with Crippen molar-refractivity contribution in [3.8, 4) is 11.5 Å². The average Bonchev–Trinajstić information content (AvgIpc) is 3.24.